The van der Waals surface area contributed by atoms with Gasteiger partial charge in [0.15, 0.2) is 11.6 Å². The number of halogens is 2. The minimum absolute atomic E-state index is 0.0153. The second-order valence-corrected chi connectivity index (χ2v) is 4.87. The van der Waals surface area contributed by atoms with E-state index in [1.54, 1.807) is 12.1 Å². The van der Waals surface area contributed by atoms with Gasteiger partial charge in [0.2, 0.25) is 5.91 Å². The predicted molar refractivity (Wildman–Crippen MR) is 77.4 cm³/mol. The van der Waals surface area contributed by atoms with Crippen LogP contribution < -0.4 is 16.4 Å². The number of amides is 1. The molecule has 0 bridgehead atoms. The first-order chi connectivity index (χ1) is 10.0. The van der Waals surface area contributed by atoms with Crippen LogP contribution in [-0.4, -0.2) is 5.91 Å². The molecule has 0 fully saturated rings. The molecule has 21 heavy (non-hydrogen) atoms. The van der Waals surface area contributed by atoms with Crippen LogP contribution in [0.15, 0.2) is 30.3 Å². The molecule has 0 atom stereocenters. The second-order valence-electron chi connectivity index (χ2n) is 4.87. The molecular formula is C15H13F2N3O. The Morgan fingerprint density at radius 1 is 1.14 bits per heavy atom. The van der Waals surface area contributed by atoms with E-state index >= 15 is 0 Å². The Hall–Kier alpha value is -2.63. The zero-order valence-electron chi connectivity index (χ0n) is 11.0. The summed E-state index contributed by atoms with van der Waals surface area (Å²) in [5.74, 6) is -1.94. The fourth-order valence-electron chi connectivity index (χ4n) is 2.30. The number of nitrogens with one attached hydrogen (secondary N) is 2. The monoisotopic (exact) mass is 289 g/mol. The summed E-state index contributed by atoms with van der Waals surface area (Å²) < 4.78 is 26.9. The number of fused-ring (bicyclic) bond motifs is 1. The number of hydrogen-bond donors (Lipinski definition) is 3. The lowest BCUT2D eigenvalue weighted by atomic mass is 10.0. The molecule has 4 N–H and O–H groups in total. The van der Waals surface area contributed by atoms with Gasteiger partial charge in [0.25, 0.3) is 0 Å². The van der Waals surface area contributed by atoms with Crippen molar-refractivity contribution in [3.8, 4) is 0 Å². The molecule has 0 unspecified atom stereocenters. The summed E-state index contributed by atoms with van der Waals surface area (Å²) in [4.78, 5) is 11.3. The number of carbonyl (C=O) groups excluding carboxylic acids is 1. The van der Waals surface area contributed by atoms with E-state index in [1.807, 2.05) is 0 Å². The van der Waals surface area contributed by atoms with Crippen LogP contribution in [0.1, 0.15) is 12.0 Å². The average Bonchev–Trinajstić information content (AvgIpc) is 2.45. The molecule has 3 rings (SSSR count). The van der Waals surface area contributed by atoms with Crippen LogP contribution in [0.2, 0.25) is 0 Å². The summed E-state index contributed by atoms with van der Waals surface area (Å²) in [5, 5.41) is 5.52. The average molecular weight is 289 g/mol. The van der Waals surface area contributed by atoms with Crippen molar-refractivity contribution in [1.82, 2.24) is 0 Å². The number of carbonyl (C=O) groups is 1. The SMILES string of the molecule is Nc1cc2c(cc1Nc1cccc(F)c1F)CCC(=O)N2. The third kappa shape index (κ3) is 2.52. The van der Waals surface area contributed by atoms with Gasteiger partial charge in [-0.25, -0.2) is 8.78 Å². The molecule has 0 spiro atoms. The molecule has 4 nitrogen and oxygen atoms in total. The molecule has 0 saturated heterocycles. The highest BCUT2D eigenvalue weighted by Crippen LogP contribution is 2.33. The quantitative estimate of drug-likeness (QED) is 0.744. The van der Waals surface area contributed by atoms with E-state index in [0.29, 0.717) is 29.9 Å². The van der Waals surface area contributed by atoms with Crippen LogP contribution in [0.25, 0.3) is 0 Å². The molecule has 2 aromatic rings. The lowest BCUT2D eigenvalue weighted by Gasteiger charge is -2.20. The summed E-state index contributed by atoms with van der Waals surface area (Å²) in [6, 6.07) is 7.25. The maximum atomic E-state index is 13.7. The first kappa shape index (κ1) is 13.4. The van der Waals surface area contributed by atoms with E-state index in [9.17, 15) is 13.6 Å². The minimum atomic E-state index is -0.956. The summed E-state index contributed by atoms with van der Waals surface area (Å²) in [5.41, 5.74) is 8.31. The third-order valence-electron chi connectivity index (χ3n) is 3.39. The van der Waals surface area contributed by atoms with Gasteiger partial charge >= 0.3 is 0 Å². The highest BCUT2D eigenvalue weighted by Gasteiger charge is 2.17. The number of aryl methyl sites for hydroxylation is 1. The van der Waals surface area contributed by atoms with Crippen LogP contribution in [0.4, 0.5) is 31.5 Å². The summed E-state index contributed by atoms with van der Waals surface area (Å²) >= 11 is 0. The first-order valence-electron chi connectivity index (χ1n) is 6.48. The van der Waals surface area contributed by atoms with Gasteiger partial charge in [-0.3, -0.25) is 4.79 Å². The van der Waals surface area contributed by atoms with Crippen molar-refractivity contribution in [3.05, 3.63) is 47.5 Å². The van der Waals surface area contributed by atoms with Gasteiger partial charge in [-0.1, -0.05) is 6.07 Å². The molecule has 2 aromatic carbocycles. The van der Waals surface area contributed by atoms with E-state index < -0.39 is 11.6 Å². The van der Waals surface area contributed by atoms with Crippen molar-refractivity contribution >= 4 is 28.7 Å². The van der Waals surface area contributed by atoms with Crippen LogP contribution in [0.3, 0.4) is 0 Å². The number of nitrogens with two attached hydrogens (primary N) is 1. The maximum absolute atomic E-state index is 13.7. The first-order valence-corrected chi connectivity index (χ1v) is 6.48. The summed E-state index contributed by atoms with van der Waals surface area (Å²) in [6.07, 6.45) is 0.979. The van der Waals surface area contributed by atoms with Gasteiger partial charge < -0.3 is 16.4 Å². The molecular weight excluding hydrogens is 276 g/mol. The molecule has 0 aromatic heterocycles. The van der Waals surface area contributed by atoms with Gasteiger partial charge in [-0.15, -0.1) is 0 Å². The molecule has 1 aliphatic heterocycles. The Bertz CT molecular complexity index is 731. The number of rotatable bonds is 2. The maximum Gasteiger partial charge on any atom is 0.224 e. The molecule has 0 aliphatic carbocycles. The van der Waals surface area contributed by atoms with E-state index in [4.69, 9.17) is 5.73 Å². The lowest BCUT2D eigenvalue weighted by molar-refractivity contribution is -0.116. The number of hydrogen-bond acceptors (Lipinski definition) is 3. The van der Waals surface area contributed by atoms with E-state index in [1.165, 1.54) is 12.1 Å². The molecule has 6 heteroatoms. The Balaban J connectivity index is 1.96. The zero-order valence-corrected chi connectivity index (χ0v) is 11.0. The van der Waals surface area contributed by atoms with Crippen molar-refractivity contribution in [2.75, 3.05) is 16.4 Å². The van der Waals surface area contributed by atoms with Gasteiger partial charge in [0.1, 0.15) is 0 Å². The smallest absolute Gasteiger partial charge is 0.224 e. The number of anilines is 4. The summed E-state index contributed by atoms with van der Waals surface area (Å²) in [7, 11) is 0. The highest BCUT2D eigenvalue weighted by atomic mass is 19.2. The predicted octanol–water partition coefficient (Wildman–Crippen LogP) is 3.18. The Morgan fingerprint density at radius 2 is 1.95 bits per heavy atom. The fraction of sp³-hybridized carbons (Fsp3) is 0.133. The standard InChI is InChI=1S/C15H13F2N3O/c16-9-2-1-3-11(15(9)17)19-13-6-8-4-5-14(21)20-12(8)7-10(13)18/h1-3,6-7,19H,4-5,18H2,(H,20,21). The molecule has 1 aliphatic rings. The highest BCUT2D eigenvalue weighted by molar-refractivity contribution is 5.95. The van der Waals surface area contributed by atoms with Crippen LogP contribution in [0, 0.1) is 11.6 Å². The Kier molecular flexibility index (Phi) is 3.21. The molecule has 108 valence electrons. The topological polar surface area (TPSA) is 67.1 Å². The Morgan fingerprint density at radius 3 is 2.76 bits per heavy atom. The van der Waals surface area contributed by atoms with Gasteiger partial charge in [-0.05, 0) is 36.2 Å². The van der Waals surface area contributed by atoms with Gasteiger partial charge in [-0.2, -0.15) is 0 Å². The van der Waals surface area contributed by atoms with Crippen LogP contribution >= 0.6 is 0 Å². The summed E-state index contributed by atoms with van der Waals surface area (Å²) in [6.45, 7) is 0. The normalized spacial score (nSPS) is 13.5. The fourth-order valence-corrected chi connectivity index (χ4v) is 2.30. The lowest BCUT2D eigenvalue weighted by Crippen LogP contribution is -2.19. The third-order valence-corrected chi connectivity index (χ3v) is 3.39. The van der Waals surface area contributed by atoms with E-state index in [-0.39, 0.29) is 11.6 Å². The van der Waals surface area contributed by atoms with Gasteiger partial charge in [0.05, 0.1) is 17.1 Å². The molecule has 1 amide bonds. The second kappa shape index (κ2) is 5.05. The van der Waals surface area contributed by atoms with Crippen molar-refractivity contribution < 1.29 is 13.6 Å². The number of benzene rings is 2. The van der Waals surface area contributed by atoms with Crippen molar-refractivity contribution in [1.29, 1.82) is 0 Å². The zero-order chi connectivity index (χ0) is 15.0. The van der Waals surface area contributed by atoms with Crippen molar-refractivity contribution in [2.45, 2.75) is 12.8 Å². The van der Waals surface area contributed by atoms with Crippen LogP contribution in [0.5, 0.6) is 0 Å². The molecule has 1 heterocycles. The largest absolute Gasteiger partial charge is 0.397 e. The van der Waals surface area contributed by atoms with Crippen LogP contribution in [-0.2, 0) is 11.2 Å². The van der Waals surface area contributed by atoms with Crippen molar-refractivity contribution in [3.63, 3.8) is 0 Å². The number of nitrogen functional groups attached to an aromatic ring is 1. The van der Waals surface area contributed by atoms with Gasteiger partial charge in [0, 0.05) is 12.1 Å². The molecule has 0 radical (unpaired) electrons. The Labute approximate surface area is 120 Å². The van der Waals surface area contributed by atoms with Crippen molar-refractivity contribution in [2.24, 2.45) is 0 Å². The van der Waals surface area contributed by atoms with E-state index in [0.717, 1.165) is 11.6 Å². The van der Waals surface area contributed by atoms with E-state index in [2.05, 4.69) is 10.6 Å². The minimum Gasteiger partial charge on any atom is -0.397 e. The molecule has 0 saturated carbocycles.